The molecule has 0 atom stereocenters. The number of halogens is 2. The predicted molar refractivity (Wildman–Crippen MR) is 94.2 cm³/mol. The van der Waals surface area contributed by atoms with Crippen LogP contribution in [0.5, 0.6) is 0 Å². The summed E-state index contributed by atoms with van der Waals surface area (Å²) >= 11 is 0. The molecule has 2 aromatic rings. The zero-order chi connectivity index (χ0) is 18.8. The van der Waals surface area contributed by atoms with Crippen molar-refractivity contribution in [2.75, 3.05) is 6.54 Å². The molecule has 4 rings (SSSR count). The Morgan fingerprint density at radius 1 is 1.26 bits per heavy atom. The van der Waals surface area contributed by atoms with E-state index in [0.717, 1.165) is 31.0 Å². The van der Waals surface area contributed by atoms with E-state index in [1.165, 1.54) is 44.4 Å². The van der Waals surface area contributed by atoms with E-state index in [1.807, 2.05) is 10.7 Å². The van der Waals surface area contributed by atoms with Gasteiger partial charge in [0.2, 0.25) is 0 Å². The highest BCUT2D eigenvalue weighted by molar-refractivity contribution is 5.92. The predicted octanol–water partition coefficient (Wildman–Crippen LogP) is 2.55. The first-order valence-corrected chi connectivity index (χ1v) is 9.51. The Labute approximate surface area is 156 Å². The molecular weight excluding hydrogens is 354 g/mol. The number of rotatable bonds is 5. The number of fused-ring (bicyclic) bond motifs is 1. The standard InChI is InChI=1S/C18H24F2N6O/c19-18(20)26-16(6-7-22-26)17(27)21-11-13-10-15-12-24(8-9-25(15)23-13)14-4-2-1-3-5-14/h6-7,10,14,18H,1-5,8-9,11-12H2,(H,21,27). The third-order valence-electron chi connectivity index (χ3n) is 5.49. The fourth-order valence-electron chi connectivity index (χ4n) is 4.10. The van der Waals surface area contributed by atoms with Crippen molar-refractivity contribution in [3.8, 4) is 0 Å². The maximum atomic E-state index is 12.8. The van der Waals surface area contributed by atoms with E-state index < -0.39 is 12.5 Å². The molecule has 0 saturated heterocycles. The van der Waals surface area contributed by atoms with Gasteiger partial charge in [0, 0.05) is 25.3 Å². The molecule has 1 fully saturated rings. The van der Waals surface area contributed by atoms with Crippen molar-refractivity contribution in [1.82, 2.24) is 29.8 Å². The van der Waals surface area contributed by atoms with Crippen molar-refractivity contribution >= 4 is 5.91 Å². The third-order valence-corrected chi connectivity index (χ3v) is 5.49. The van der Waals surface area contributed by atoms with Crippen LogP contribution in [0.25, 0.3) is 0 Å². The van der Waals surface area contributed by atoms with E-state index in [0.29, 0.717) is 10.7 Å². The molecule has 0 unspecified atom stereocenters. The molecule has 1 aliphatic carbocycles. The number of carbonyl (C=O) groups is 1. The summed E-state index contributed by atoms with van der Waals surface area (Å²) in [5.41, 5.74) is 1.73. The van der Waals surface area contributed by atoms with Gasteiger partial charge < -0.3 is 5.32 Å². The van der Waals surface area contributed by atoms with Crippen LogP contribution in [0.15, 0.2) is 18.3 Å². The summed E-state index contributed by atoms with van der Waals surface area (Å²) < 4.78 is 28.1. The second kappa shape index (κ2) is 7.75. The molecule has 0 bridgehead atoms. The summed E-state index contributed by atoms with van der Waals surface area (Å²) in [5, 5.41) is 10.7. The maximum Gasteiger partial charge on any atom is 0.333 e. The minimum atomic E-state index is -2.84. The fourth-order valence-corrected chi connectivity index (χ4v) is 4.10. The smallest absolute Gasteiger partial charge is 0.333 e. The first-order chi connectivity index (χ1) is 13.1. The van der Waals surface area contributed by atoms with Gasteiger partial charge in [-0.3, -0.25) is 14.4 Å². The van der Waals surface area contributed by atoms with Crippen molar-refractivity contribution in [3.05, 3.63) is 35.4 Å². The summed E-state index contributed by atoms with van der Waals surface area (Å²) in [6.07, 6.45) is 7.70. The molecule has 7 nitrogen and oxygen atoms in total. The molecule has 1 aliphatic heterocycles. The number of hydrogen-bond donors (Lipinski definition) is 1. The summed E-state index contributed by atoms with van der Waals surface area (Å²) in [5.74, 6) is -0.581. The Balaban J connectivity index is 1.37. The van der Waals surface area contributed by atoms with Gasteiger partial charge in [0.1, 0.15) is 5.69 Å². The van der Waals surface area contributed by atoms with Gasteiger partial charge in [-0.1, -0.05) is 19.3 Å². The summed E-state index contributed by atoms with van der Waals surface area (Å²) in [6, 6.07) is 3.95. The van der Waals surface area contributed by atoms with Gasteiger partial charge in [-0.25, -0.2) is 0 Å². The van der Waals surface area contributed by atoms with Crippen LogP contribution in [0, 0.1) is 0 Å². The molecule has 1 amide bonds. The van der Waals surface area contributed by atoms with Crippen LogP contribution >= 0.6 is 0 Å². The Morgan fingerprint density at radius 3 is 2.85 bits per heavy atom. The Kier molecular flexibility index (Phi) is 5.20. The van der Waals surface area contributed by atoms with Crippen LogP contribution in [0.3, 0.4) is 0 Å². The number of amides is 1. The molecule has 0 aromatic carbocycles. The third kappa shape index (κ3) is 3.87. The average molecular weight is 378 g/mol. The van der Waals surface area contributed by atoms with Gasteiger partial charge >= 0.3 is 6.55 Å². The highest BCUT2D eigenvalue weighted by atomic mass is 19.3. The first kappa shape index (κ1) is 18.1. The zero-order valence-corrected chi connectivity index (χ0v) is 15.2. The van der Waals surface area contributed by atoms with E-state index in [2.05, 4.69) is 20.4 Å². The first-order valence-electron chi connectivity index (χ1n) is 9.51. The molecular formula is C18H24F2N6O. The molecule has 146 valence electrons. The quantitative estimate of drug-likeness (QED) is 0.868. The molecule has 2 aliphatic rings. The lowest BCUT2D eigenvalue weighted by molar-refractivity contribution is 0.0509. The molecule has 2 aromatic heterocycles. The van der Waals surface area contributed by atoms with Crippen molar-refractivity contribution < 1.29 is 13.6 Å². The molecule has 1 saturated carbocycles. The van der Waals surface area contributed by atoms with Crippen molar-refractivity contribution in [2.45, 2.75) is 64.3 Å². The molecule has 0 spiro atoms. The van der Waals surface area contributed by atoms with E-state index in [4.69, 9.17) is 0 Å². The second-order valence-corrected chi connectivity index (χ2v) is 7.23. The van der Waals surface area contributed by atoms with E-state index in [1.54, 1.807) is 0 Å². The number of alkyl halides is 2. The fraction of sp³-hybridized carbons (Fsp3) is 0.611. The van der Waals surface area contributed by atoms with Crippen LogP contribution in [-0.4, -0.2) is 43.0 Å². The van der Waals surface area contributed by atoms with Gasteiger partial charge in [-0.05, 0) is 25.0 Å². The number of nitrogens with zero attached hydrogens (tertiary/aromatic N) is 5. The van der Waals surface area contributed by atoms with Crippen LogP contribution < -0.4 is 5.32 Å². The van der Waals surface area contributed by atoms with Crippen molar-refractivity contribution in [1.29, 1.82) is 0 Å². The second-order valence-electron chi connectivity index (χ2n) is 7.23. The zero-order valence-electron chi connectivity index (χ0n) is 15.2. The molecule has 1 N–H and O–H groups in total. The normalized spacial score (nSPS) is 18.6. The largest absolute Gasteiger partial charge is 0.345 e. The minimum absolute atomic E-state index is 0.155. The highest BCUT2D eigenvalue weighted by Gasteiger charge is 2.26. The van der Waals surface area contributed by atoms with Crippen LogP contribution in [-0.2, 0) is 19.6 Å². The van der Waals surface area contributed by atoms with E-state index in [-0.39, 0.29) is 12.2 Å². The lowest BCUT2D eigenvalue weighted by Gasteiger charge is -2.36. The number of hydrogen-bond acceptors (Lipinski definition) is 4. The van der Waals surface area contributed by atoms with Crippen LogP contribution in [0.4, 0.5) is 8.78 Å². The Hall–Kier alpha value is -2.29. The Bertz CT molecular complexity index is 796. The monoisotopic (exact) mass is 378 g/mol. The summed E-state index contributed by atoms with van der Waals surface area (Å²) in [7, 11) is 0. The number of carbonyl (C=O) groups excluding carboxylic acids is 1. The van der Waals surface area contributed by atoms with Crippen molar-refractivity contribution in [2.24, 2.45) is 0 Å². The summed E-state index contributed by atoms with van der Waals surface area (Å²) in [4.78, 5) is 14.7. The minimum Gasteiger partial charge on any atom is -0.345 e. The van der Waals surface area contributed by atoms with Gasteiger partial charge in [0.05, 0.1) is 24.5 Å². The molecule has 0 radical (unpaired) electrons. The van der Waals surface area contributed by atoms with E-state index >= 15 is 0 Å². The van der Waals surface area contributed by atoms with Crippen LogP contribution in [0.1, 0.15) is 60.5 Å². The Morgan fingerprint density at radius 2 is 2.07 bits per heavy atom. The number of nitrogens with one attached hydrogen (secondary N) is 1. The average Bonchev–Trinajstić information content (AvgIpc) is 3.33. The lowest BCUT2D eigenvalue weighted by atomic mass is 9.94. The van der Waals surface area contributed by atoms with Gasteiger partial charge in [0.25, 0.3) is 5.91 Å². The van der Waals surface area contributed by atoms with Crippen molar-refractivity contribution in [3.63, 3.8) is 0 Å². The number of aromatic nitrogens is 4. The lowest BCUT2D eigenvalue weighted by Crippen LogP contribution is -2.42. The maximum absolute atomic E-state index is 12.8. The summed E-state index contributed by atoms with van der Waals surface area (Å²) in [6.45, 7) is 0.0864. The topological polar surface area (TPSA) is 68.0 Å². The molecule has 9 heteroatoms. The molecule has 27 heavy (non-hydrogen) atoms. The molecule has 3 heterocycles. The van der Waals surface area contributed by atoms with Gasteiger partial charge in [-0.2, -0.15) is 23.7 Å². The highest BCUT2D eigenvalue weighted by Crippen LogP contribution is 2.26. The van der Waals surface area contributed by atoms with Gasteiger partial charge in [0.15, 0.2) is 0 Å². The van der Waals surface area contributed by atoms with Gasteiger partial charge in [-0.15, -0.1) is 0 Å². The van der Waals surface area contributed by atoms with E-state index in [9.17, 15) is 13.6 Å². The van der Waals surface area contributed by atoms with Crippen LogP contribution in [0.2, 0.25) is 0 Å². The SMILES string of the molecule is O=C(NCc1cc2n(n1)CCN(C1CCCCC1)C2)c1ccnn1C(F)F.